The summed E-state index contributed by atoms with van der Waals surface area (Å²) in [4.78, 5) is 0. The summed E-state index contributed by atoms with van der Waals surface area (Å²) in [7, 11) is 1.87. The maximum Gasteiger partial charge on any atom is 0.165 e. The Hall–Kier alpha value is -1.81. The molecular formula is C14H19N3O. The fraction of sp³-hybridized carbons (Fsp3) is 0.357. The zero-order valence-corrected chi connectivity index (χ0v) is 11.1. The zero-order valence-electron chi connectivity index (χ0n) is 11.1. The van der Waals surface area contributed by atoms with Crippen molar-refractivity contribution in [1.82, 2.24) is 9.78 Å². The smallest absolute Gasteiger partial charge is 0.165 e. The molecule has 0 saturated carbocycles. The van der Waals surface area contributed by atoms with Crippen LogP contribution < -0.4 is 10.5 Å². The van der Waals surface area contributed by atoms with Gasteiger partial charge in [-0.15, -0.1) is 0 Å². The molecule has 1 unspecified atom stereocenters. The third kappa shape index (κ3) is 3.11. The monoisotopic (exact) mass is 245 g/mol. The Morgan fingerprint density at radius 1 is 1.44 bits per heavy atom. The highest BCUT2D eigenvalue weighted by molar-refractivity contribution is 5.40. The van der Waals surface area contributed by atoms with Crippen molar-refractivity contribution >= 4 is 0 Å². The molecule has 0 saturated heterocycles. The van der Waals surface area contributed by atoms with Gasteiger partial charge in [0.25, 0.3) is 0 Å². The van der Waals surface area contributed by atoms with Crippen LogP contribution in [-0.4, -0.2) is 15.8 Å². The molecule has 96 valence electrons. The second-order valence-electron chi connectivity index (χ2n) is 4.74. The molecule has 0 aliphatic heterocycles. The number of nitrogens with two attached hydrogens (primary N) is 1. The van der Waals surface area contributed by atoms with E-state index >= 15 is 0 Å². The lowest BCUT2D eigenvalue weighted by Crippen LogP contribution is -2.18. The van der Waals surface area contributed by atoms with E-state index < -0.39 is 0 Å². The minimum atomic E-state index is 0.114. The summed E-state index contributed by atoms with van der Waals surface area (Å²) in [5, 5.41) is 4.09. The molecule has 1 aromatic heterocycles. The van der Waals surface area contributed by atoms with Crippen molar-refractivity contribution in [2.24, 2.45) is 12.8 Å². The first-order valence-electron chi connectivity index (χ1n) is 6.06. The van der Waals surface area contributed by atoms with Crippen LogP contribution in [0.25, 0.3) is 0 Å². The van der Waals surface area contributed by atoms with Gasteiger partial charge < -0.3 is 10.5 Å². The molecular weight excluding hydrogens is 226 g/mol. The van der Waals surface area contributed by atoms with E-state index in [9.17, 15) is 0 Å². The molecule has 0 fully saturated rings. The van der Waals surface area contributed by atoms with Crippen molar-refractivity contribution in [3.05, 3.63) is 41.7 Å². The van der Waals surface area contributed by atoms with E-state index in [0.717, 1.165) is 23.5 Å². The minimum Gasteiger partial charge on any atom is -0.454 e. The molecule has 0 bridgehead atoms. The Balaban J connectivity index is 2.26. The normalized spacial score (nSPS) is 12.4. The molecule has 2 rings (SSSR count). The van der Waals surface area contributed by atoms with Crippen molar-refractivity contribution < 1.29 is 4.74 Å². The van der Waals surface area contributed by atoms with Gasteiger partial charge in [0.15, 0.2) is 5.75 Å². The number of hydrogen-bond donors (Lipinski definition) is 1. The number of ether oxygens (including phenoxy) is 1. The van der Waals surface area contributed by atoms with E-state index in [1.165, 1.54) is 5.56 Å². The van der Waals surface area contributed by atoms with Crippen molar-refractivity contribution in [3.8, 4) is 11.5 Å². The molecule has 1 atom stereocenters. The number of aromatic nitrogens is 2. The quantitative estimate of drug-likeness (QED) is 0.900. The third-order valence-electron chi connectivity index (χ3n) is 2.67. The Labute approximate surface area is 107 Å². The molecule has 0 amide bonds. The third-order valence-corrected chi connectivity index (χ3v) is 2.67. The molecule has 2 aromatic rings. The summed E-state index contributed by atoms with van der Waals surface area (Å²) in [6, 6.07) is 6.26. The molecule has 0 spiro atoms. The van der Waals surface area contributed by atoms with Gasteiger partial charge in [0.1, 0.15) is 5.75 Å². The van der Waals surface area contributed by atoms with Crippen molar-refractivity contribution in [2.45, 2.75) is 26.3 Å². The highest BCUT2D eigenvalue weighted by Gasteiger charge is 2.08. The molecule has 4 heteroatoms. The molecule has 1 heterocycles. The topological polar surface area (TPSA) is 53.1 Å². The maximum atomic E-state index is 5.87. The highest BCUT2D eigenvalue weighted by atomic mass is 16.5. The summed E-state index contributed by atoms with van der Waals surface area (Å²) < 4.78 is 7.56. The van der Waals surface area contributed by atoms with Crippen molar-refractivity contribution in [3.63, 3.8) is 0 Å². The molecule has 0 radical (unpaired) electrons. The van der Waals surface area contributed by atoms with E-state index in [1.54, 1.807) is 10.9 Å². The number of rotatable bonds is 4. The van der Waals surface area contributed by atoms with E-state index in [-0.39, 0.29) is 6.04 Å². The highest BCUT2D eigenvalue weighted by Crippen LogP contribution is 2.26. The van der Waals surface area contributed by atoms with Gasteiger partial charge in [0.2, 0.25) is 0 Å². The largest absolute Gasteiger partial charge is 0.454 e. The molecule has 0 aliphatic rings. The van der Waals surface area contributed by atoms with Gasteiger partial charge >= 0.3 is 0 Å². The average molecular weight is 245 g/mol. The lowest BCUT2D eigenvalue weighted by Gasteiger charge is -2.12. The van der Waals surface area contributed by atoms with Gasteiger partial charge in [-0.25, -0.2) is 0 Å². The van der Waals surface area contributed by atoms with E-state index in [0.29, 0.717) is 0 Å². The summed E-state index contributed by atoms with van der Waals surface area (Å²) in [5.41, 5.74) is 8.21. The van der Waals surface area contributed by atoms with E-state index in [4.69, 9.17) is 10.5 Å². The molecule has 18 heavy (non-hydrogen) atoms. The molecule has 0 aliphatic carbocycles. The average Bonchev–Trinajstić information content (AvgIpc) is 2.67. The Kier molecular flexibility index (Phi) is 3.67. The predicted molar refractivity (Wildman–Crippen MR) is 71.8 cm³/mol. The van der Waals surface area contributed by atoms with Crippen LogP contribution >= 0.6 is 0 Å². The number of benzene rings is 1. The van der Waals surface area contributed by atoms with Crippen LogP contribution in [0.5, 0.6) is 11.5 Å². The van der Waals surface area contributed by atoms with Gasteiger partial charge in [-0.1, -0.05) is 17.7 Å². The molecule has 1 aromatic carbocycles. The Morgan fingerprint density at radius 3 is 2.83 bits per heavy atom. The summed E-state index contributed by atoms with van der Waals surface area (Å²) in [6.07, 6.45) is 4.35. The fourth-order valence-electron chi connectivity index (χ4n) is 1.89. The van der Waals surface area contributed by atoms with Crippen LogP contribution in [0.4, 0.5) is 0 Å². The van der Waals surface area contributed by atoms with Crippen molar-refractivity contribution in [1.29, 1.82) is 0 Å². The van der Waals surface area contributed by atoms with Gasteiger partial charge in [-0.2, -0.15) is 5.10 Å². The van der Waals surface area contributed by atoms with Crippen LogP contribution in [0.3, 0.4) is 0 Å². The Morgan fingerprint density at radius 2 is 2.22 bits per heavy atom. The fourth-order valence-corrected chi connectivity index (χ4v) is 1.89. The molecule has 2 N–H and O–H groups in total. The summed E-state index contributed by atoms with van der Waals surface area (Å²) in [6.45, 7) is 4.06. The minimum absolute atomic E-state index is 0.114. The zero-order chi connectivity index (χ0) is 13.1. The second kappa shape index (κ2) is 5.23. The lowest BCUT2D eigenvalue weighted by molar-refractivity contribution is 0.473. The second-order valence-corrected chi connectivity index (χ2v) is 4.74. The van der Waals surface area contributed by atoms with E-state index in [2.05, 4.69) is 18.1 Å². The Bertz CT molecular complexity index is 532. The summed E-state index contributed by atoms with van der Waals surface area (Å²) >= 11 is 0. The number of aryl methyl sites for hydroxylation is 2. The van der Waals surface area contributed by atoms with Gasteiger partial charge in [0, 0.05) is 13.1 Å². The number of hydrogen-bond acceptors (Lipinski definition) is 3. The first kappa shape index (κ1) is 12.6. The van der Waals surface area contributed by atoms with Crippen LogP contribution in [0.2, 0.25) is 0 Å². The first-order valence-corrected chi connectivity index (χ1v) is 6.06. The SMILES string of the molecule is Cc1ccc(Oc2cnn(C)c2)c(CC(C)N)c1. The van der Waals surface area contributed by atoms with Gasteiger partial charge in [0.05, 0.1) is 12.4 Å². The predicted octanol–water partition coefficient (Wildman–Crippen LogP) is 2.41. The van der Waals surface area contributed by atoms with Crippen LogP contribution in [-0.2, 0) is 13.5 Å². The summed E-state index contributed by atoms with van der Waals surface area (Å²) in [5.74, 6) is 1.60. The van der Waals surface area contributed by atoms with Gasteiger partial charge in [-0.05, 0) is 31.9 Å². The van der Waals surface area contributed by atoms with Crippen molar-refractivity contribution in [2.75, 3.05) is 0 Å². The molecule has 4 nitrogen and oxygen atoms in total. The maximum absolute atomic E-state index is 5.87. The number of nitrogens with zero attached hydrogens (tertiary/aromatic N) is 2. The van der Waals surface area contributed by atoms with Crippen LogP contribution in [0.1, 0.15) is 18.1 Å². The first-order chi connectivity index (χ1) is 8.54. The van der Waals surface area contributed by atoms with Crippen LogP contribution in [0, 0.1) is 6.92 Å². The van der Waals surface area contributed by atoms with Crippen LogP contribution in [0.15, 0.2) is 30.6 Å². The standard InChI is InChI=1S/C14H19N3O/c1-10-4-5-14(12(6-10)7-11(2)15)18-13-8-16-17(3)9-13/h4-6,8-9,11H,7,15H2,1-3H3. The van der Waals surface area contributed by atoms with E-state index in [1.807, 2.05) is 32.3 Å². The van der Waals surface area contributed by atoms with Gasteiger partial charge in [-0.3, -0.25) is 4.68 Å². The lowest BCUT2D eigenvalue weighted by atomic mass is 10.0.